The van der Waals surface area contributed by atoms with Crippen LogP contribution in [0, 0.1) is 0 Å². The number of benzene rings is 1. The van der Waals surface area contributed by atoms with Gasteiger partial charge in [0.15, 0.2) is 0 Å². The Kier molecular flexibility index (Phi) is 3.88. The number of carbonyl (C=O) groups excluding carboxylic acids is 1. The highest BCUT2D eigenvalue weighted by Crippen LogP contribution is 2.47. The van der Waals surface area contributed by atoms with Crippen LogP contribution < -0.4 is 0 Å². The summed E-state index contributed by atoms with van der Waals surface area (Å²) in [6.07, 6.45) is 4.07. The molecule has 19 heavy (non-hydrogen) atoms. The topological polar surface area (TPSA) is 29.5 Å². The van der Waals surface area contributed by atoms with Gasteiger partial charge in [-0.05, 0) is 45.8 Å². The molecule has 4 heteroatoms. The first-order valence-corrected chi connectivity index (χ1v) is 6.62. The van der Waals surface area contributed by atoms with Crippen molar-refractivity contribution in [3.63, 3.8) is 0 Å². The Bertz CT molecular complexity index is 479. The average molecular weight is 282 g/mol. The number of hydrogen-bond donors (Lipinski definition) is 0. The van der Waals surface area contributed by atoms with Gasteiger partial charge in [0.25, 0.3) is 0 Å². The first kappa shape index (κ1) is 14.4. The van der Waals surface area contributed by atoms with Crippen molar-refractivity contribution in [1.29, 1.82) is 0 Å². The molecular formula is C15H20ClNO2. The molecule has 1 saturated carbocycles. The Morgan fingerprint density at radius 2 is 1.84 bits per heavy atom. The van der Waals surface area contributed by atoms with Crippen molar-refractivity contribution in [2.24, 2.45) is 0 Å². The van der Waals surface area contributed by atoms with Gasteiger partial charge in [-0.2, -0.15) is 0 Å². The molecule has 104 valence electrons. The van der Waals surface area contributed by atoms with E-state index in [0.29, 0.717) is 6.04 Å². The lowest BCUT2D eigenvalue weighted by Gasteiger charge is -2.38. The quantitative estimate of drug-likeness (QED) is 0.741. The van der Waals surface area contributed by atoms with Gasteiger partial charge in [-0.1, -0.05) is 18.2 Å². The molecule has 1 heterocycles. The maximum absolute atomic E-state index is 11.9. The highest BCUT2D eigenvalue weighted by atomic mass is 35.5. The second kappa shape index (κ2) is 5.14. The fourth-order valence-electron chi connectivity index (χ4n) is 3.30. The largest absolute Gasteiger partial charge is 0.451 e. The molecule has 0 bridgehead atoms. The number of halogens is 1. The van der Waals surface area contributed by atoms with Gasteiger partial charge >= 0.3 is 5.97 Å². The van der Waals surface area contributed by atoms with Crippen molar-refractivity contribution in [3.8, 4) is 0 Å². The molecule has 0 radical (unpaired) electrons. The standard InChI is InChI=1S/C15H19NO2.ClH/c1-16(2)11-7-9-15(10-8-11)13-6-4-3-5-12(13)14(17)18-15;/h3-6,11H,7-10H2,1-2H3;1H. The molecule has 0 atom stereocenters. The Morgan fingerprint density at radius 3 is 2.47 bits per heavy atom. The Hall–Kier alpha value is -1.06. The number of fused-ring (bicyclic) bond motifs is 2. The maximum Gasteiger partial charge on any atom is 0.339 e. The number of hydrogen-bond acceptors (Lipinski definition) is 3. The molecule has 2 aliphatic rings. The summed E-state index contributed by atoms with van der Waals surface area (Å²) in [5, 5.41) is 0. The van der Waals surface area contributed by atoms with Gasteiger partial charge in [0.1, 0.15) is 5.60 Å². The molecule has 0 N–H and O–H groups in total. The molecule has 1 spiro atoms. The van der Waals surface area contributed by atoms with E-state index in [4.69, 9.17) is 4.74 Å². The third-order valence-corrected chi connectivity index (χ3v) is 4.42. The molecule has 1 aromatic carbocycles. The van der Waals surface area contributed by atoms with E-state index in [1.54, 1.807) is 0 Å². The summed E-state index contributed by atoms with van der Waals surface area (Å²) in [7, 11) is 4.24. The van der Waals surface area contributed by atoms with Crippen molar-refractivity contribution >= 4 is 18.4 Å². The van der Waals surface area contributed by atoms with E-state index >= 15 is 0 Å². The van der Waals surface area contributed by atoms with Crippen LogP contribution in [0.2, 0.25) is 0 Å². The molecule has 0 amide bonds. The third-order valence-electron chi connectivity index (χ3n) is 4.42. The number of ether oxygens (including phenoxy) is 1. The van der Waals surface area contributed by atoms with E-state index in [1.165, 1.54) is 0 Å². The van der Waals surface area contributed by atoms with Crippen molar-refractivity contribution in [1.82, 2.24) is 4.90 Å². The van der Waals surface area contributed by atoms with E-state index in [0.717, 1.165) is 36.8 Å². The lowest BCUT2D eigenvalue weighted by atomic mass is 9.77. The summed E-state index contributed by atoms with van der Waals surface area (Å²) in [5.74, 6) is -0.145. The normalized spacial score (nSPS) is 29.0. The van der Waals surface area contributed by atoms with Gasteiger partial charge < -0.3 is 9.64 Å². The highest BCUT2D eigenvalue weighted by molar-refractivity contribution is 5.94. The summed E-state index contributed by atoms with van der Waals surface area (Å²) >= 11 is 0. The average Bonchev–Trinajstić information content (AvgIpc) is 2.64. The number of rotatable bonds is 1. The molecule has 1 fully saturated rings. The first-order valence-electron chi connectivity index (χ1n) is 6.62. The highest BCUT2D eigenvalue weighted by Gasteiger charge is 2.47. The molecule has 3 rings (SSSR count). The summed E-state index contributed by atoms with van der Waals surface area (Å²) in [4.78, 5) is 14.2. The van der Waals surface area contributed by atoms with Crippen LogP contribution in [0.4, 0.5) is 0 Å². The van der Waals surface area contributed by atoms with Crippen LogP contribution in [0.5, 0.6) is 0 Å². The fourth-order valence-corrected chi connectivity index (χ4v) is 3.30. The lowest BCUT2D eigenvalue weighted by molar-refractivity contribution is -0.0385. The van der Waals surface area contributed by atoms with E-state index in [-0.39, 0.29) is 24.0 Å². The van der Waals surface area contributed by atoms with Crippen LogP contribution in [-0.4, -0.2) is 31.0 Å². The SMILES string of the molecule is CN(C)C1CCC2(CC1)OC(=O)c1ccccc12.Cl. The van der Waals surface area contributed by atoms with Crippen LogP contribution in [0.15, 0.2) is 24.3 Å². The Morgan fingerprint density at radius 1 is 1.21 bits per heavy atom. The molecule has 0 unspecified atom stereocenters. The van der Waals surface area contributed by atoms with Crippen LogP contribution in [0.3, 0.4) is 0 Å². The molecule has 0 saturated heterocycles. The molecule has 1 aromatic rings. The third kappa shape index (κ3) is 2.26. The van der Waals surface area contributed by atoms with Gasteiger partial charge in [-0.15, -0.1) is 12.4 Å². The zero-order valence-electron chi connectivity index (χ0n) is 11.4. The molecule has 3 nitrogen and oxygen atoms in total. The molecule has 1 aliphatic heterocycles. The summed E-state index contributed by atoms with van der Waals surface area (Å²) in [5.41, 5.74) is 1.54. The minimum atomic E-state index is -0.333. The van der Waals surface area contributed by atoms with E-state index in [9.17, 15) is 4.79 Å². The van der Waals surface area contributed by atoms with Gasteiger partial charge in [0, 0.05) is 11.6 Å². The van der Waals surface area contributed by atoms with E-state index < -0.39 is 0 Å². The van der Waals surface area contributed by atoms with Gasteiger partial charge in [-0.25, -0.2) is 4.79 Å². The molecule has 1 aliphatic carbocycles. The lowest BCUT2D eigenvalue weighted by Crippen LogP contribution is -2.39. The minimum Gasteiger partial charge on any atom is -0.451 e. The second-order valence-corrected chi connectivity index (χ2v) is 5.62. The summed E-state index contributed by atoms with van der Waals surface area (Å²) in [6.45, 7) is 0. The zero-order valence-corrected chi connectivity index (χ0v) is 12.2. The number of esters is 1. The van der Waals surface area contributed by atoms with Crippen molar-refractivity contribution in [2.45, 2.75) is 37.3 Å². The summed E-state index contributed by atoms with van der Waals surface area (Å²) < 4.78 is 5.73. The predicted octanol–water partition coefficient (Wildman–Crippen LogP) is 2.98. The molecule has 0 aromatic heterocycles. The number of carbonyl (C=O) groups is 1. The second-order valence-electron chi connectivity index (χ2n) is 5.62. The van der Waals surface area contributed by atoms with Crippen molar-refractivity contribution in [2.75, 3.05) is 14.1 Å². The zero-order chi connectivity index (χ0) is 12.8. The predicted molar refractivity (Wildman–Crippen MR) is 76.7 cm³/mol. The molecular weight excluding hydrogens is 262 g/mol. The van der Waals surface area contributed by atoms with E-state index in [2.05, 4.69) is 25.1 Å². The van der Waals surface area contributed by atoms with Crippen LogP contribution >= 0.6 is 12.4 Å². The minimum absolute atomic E-state index is 0. The van der Waals surface area contributed by atoms with Crippen LogP contribution in [0.25, 0.3) is 0 Å². The van der Waals surface area contributed by atoms with Crippen LogP contribution in [0.1, 0.15) is 41.6 Å². The van der Waals surface area contributed by atoms with E-state index in [1.807, 2.05) is 18.2 Å². The first-order chi connectivity index (χ1) is 8.62. The Labute approximate surface area is 120 Å². The van der Waals surface area contributed by atoms with Gasteiger partial charge in [-0.3, -0.25) is 0 Å². The fraction of sp³-hybridized carbons (Fsp3) is 0.533. The van der Waals surface area contributed by atoms with Crippen molar-refractivity contribution < 1.29 is 9.53 Å². The van der Waals surface area contributed by atoms with Gasteiger partial charge in [0.2, 0.25) is 0 Å². The van der Waals surface area contributed by atoms with Crippen LogP contribution in [-0.2, 0) is 10.3 Å². The van der Waals surface area contributed by atoms with Crippen molar-refractivity contribution in [3.05, 3.63) is 35.4 Å². The smallest absolute Gasteiger partial charge is 0.339 e. The number of nitrogens with zero attached hydrogens (tertiary/aromatic N) is 1. The van der Waals surface area contributed by atoms with Gasteiger partial charge in [0.05, 0.1) is 5.56 Å². The Balaban J connectivity index is 0.00000133. The summed E-state index contributed by atoms with van der Waals surface area (Å²) in [6, 6.07) is 8.45. The monoisotopic (exact) mass is 281 g/mol. The maximum atomic E-state index is 11.9.